The van der Waals surface area contributed by atoms with Crippen molar-refractivity contribution in [3.05, 3.63) is 100 Å². The van der Waals surface area contributed by atoms with E-state index in [2.05, 4.69) is 29.6 Å². The number of alkyl carbamates (subject to hydrolysis) is 1. The molecule has 3 aromatic rings. The standard InChI is InChI=1S/C24H19ClFNO2/c25-17-12-16(13-18(26)14-17)6-5-11-27-24(28)29-15-23-21-9-3-1-7-19(21)20-8-2-4-10-22(20)23/h1-10,12-14,23H,11,15H2,(H,27,28). The van der Waals surface area contributed by atoms with Crippen LogP contribution in [0.15, 0.2) is 72.8 Å². The minimum absolute atomic E-state index is 0.0260. The summed E-state index contributed by atoms with van der Waals surface area (Å²) in [6, 6.07) is 20.6. The Morgan fingerprint density at radius 1 is 1.03 bits per heavy atom. The Kier molecular flexibility index (Phi) is 5.63. The van der Waals surface area contributed by atoms with E-state index in [0.717, 1.165) is 0 Å². The minimum Gasteiger partial charge on any atom is -0.449 e. The van der Waals surface area contributed by atoms with Crippen LogP contribution in [0.25, 0.3) is 17.2 Å². The van der Waals surface area contributed by atoms with Crippen LogP contribution in [0.3, 0.4) is 0 Å². The summed E-state index contributed by atoms with van der Waals surface area (Å²) >= 11 is 5.83. The van der Waals surface area contributed by atoms with Crippen molar-refractivity contribution < 1.29 is 13.9 Å². The molecule has 1 aliphatic carbocycles. The SMILES string of the molecule is O=C(NCC=Cc1cc(F)cc(Cl)c1)OCC1c2ccccc2-c2ccccc21. The molecule has 3 nitrogen and oxygen atoms in total. The lowest BCUT2D eigenvalue weighted by Gasteiger charge is -2.14. The third-order valence-corrected chi connectivity index (χ3v) is 5.12. The monoisotopic (exact) mass is 407 g/mol. The van der Waals surface area contributed by atoms with Crippen LogP contribution in [-0.4, -0.2) is 19.2 Å². The van der Waals surface area contributed by atoms with E-state index >= 15 is 0 Å². The lowest BCUT2D eigenvalue weighted by Crippen LogP contribution is -2.26. The first kappa shape index (κ1) is 19.2. The smallest absolute Gasteiger partial charge is 0.407 e. The van der Waals surface area contributed by atoms with Crippen LogP contribution in [0, 0.1) is 5.82 Å². The lowest BCUT2D eigenvalue weighted by molar-refractivity contribution is 0.144. The highest BCUT2D eigenvalue weighted by Gasteiger charge is 2.28. The fourth-order valence-corrected chi connectivity index (χ4v) is 3.89. The molecule has 29 heavy (non-hydrogen) atoms. The van der Waals surface area contributed by atoms with Crippen molar-refractivity contribution in [2.75, 3.05) is 13.2 Å². The fourth-order valence-electron chi connectivity index (χ4n) is 3.66. The molecule has 0 saturated carbocycles. The first-order valence-corrected chi connectivity index (χ1v) is 9.71. The second kappa shape index (κ2) is 8.50. The van der Waals surface area contributed by atoms with Gasteiger partial charge in [-0.25, -0.2) is 9.18 Å². The van der Waals surface area contributed by atoms with Crippen LogP contribution >= 0.6 is 11.6 Å². The molecule has 5 heteroatoms. The second-order valence-electron chi connectivity index (χ2n) is 6.81. The van der Waals surface area contributed by atoms with Crippen molar-refractivity contribution in [1.29, 1.82) is 0 Å². The van der Waals surface area contributed by atoms with Crippen LogP contribution < -0.4 is 5.32 Å². The number of amides is 1. The summed E-state index contributed by atoms with van der Waals surface area (Å²) in [4.78, 5) is 12.1. The number of ether oxygens (including phenoxy) is 1. The largest absolute Gasteiger partial charge is 0.449 e. The summed E-state index contributed by atoms with van der Waals surface area (Å²) in [5.74, 6) is -0.375. The van der Waals surface area contributed by atoms with E-state index in [0.29, 0.717) is 10.6 Å². The minimum atomic E-state index is -0.492. The number of benzene rings is 3. The number of halogens is 2. The van der Waals surface area contributed by atoms with Gasteiger partial charge in [0.25, 0.3) is 0 Å². The number of fused-ring (bicyclic) bond motifs is 3. The van der Waals surface area contributed by atoms with Crippen LogP contribution in [-0.2, 0) is 4.74 Å². The molecule has 4 rings (SSSR count). The van der Waals surface area contributed by atoms with Gasteiger partial charge in [0.15, 0.2) is 0 Å². The summed E-state index contributed by atoms with van der Waals surface area (Å²) < 4.78 is 18.8. The number of carbonyl (C=O) groups excluding carboxylic acids is 1. The zero-order valence-corrected chi connectivity index (χ0v) is 16.3. The van der Waals surface area contributed by atoms with Crippen molar-refractivity contribution in [2.24, 2.45) is 0 Å². The molecule has 0 radical (unpaired) electrons. The molecular formula is C24H19ClFNO2. The molecular weight excluding hydrogens is 389 g/mol. The maximum Gasteiger partial charge on any atom is 0.407 e. The third-order valence-electron chi connectivity index (χ3n) is 4.90. The molecule has 0 bridgehead atoms. The zero-order valence-electron chi connectivity index (χ0n) is 15.6. The van der Waals surface area contributed by atoms with Gasteiger partial charge in [-0.05, 0) is 46.0 Å². The van der Waals surface area contributed by atoms with Crippen LogP contribution in [0.4, 0.5) is 9.18 Å². The normalized spacial score (nSPS) is 12.6. The van der Waals surface area contributed by atoms with Gasteiger partial charge >= 0.3 is 6.09 Å². The van der Waals surface area contributed by atoms with E-state index < -0.39 is 11.9 Å². The molecule has 146 valence electrons. The molecule has 0 atom stereocenters. The van der Waals surface area contributed by atoms with Gasteiger partial charge in [-0.1, -0.05) is 72.3 Å². The Morgan fingerprint density at radius 2 is 1.69 bits per heavy atom. The van der Waals surface area contributed by atoms with Gasteiger partial charge in [0.05, 0.1) is 0 Å². The van der Waals surface area contributed by atoms with Crippen molar-refractivity contribution in [1.82, 2.24) is 5.32 Å². The predicted octanol–water partition coefficient (Wildman–Crippen LogP) is 6.03. The van der Waals surface area contributed by atoms with Crippen molar-refractivity contribution in [3.63, 3.8) is 0 Å². The Labute approximate surface area is 173 Å². The van der Waals surface area contributed by atoms with Gasteiger partial charge in [-0.15, -0.1) is 0 Å². The van der Waals surface area contributed by atoms with E-state index in [1.54, 1.807) is 18.2 Å². The molecule has 1 aliphatic rings. The number of hydrogen-bond donors (Lipinski definition) is 1. The number of carbonyl (C=O) groups is 1. The Bertz CT molecular complexity index is 1010. The van der Waals surface area contributed by atoms with Crippen LogP contribution in [0.5, 0.6) is 0 Å². The third kappa shape index (κ3) is 4.33. The van der Waals surface area contributed by atoms with E-state index in [4.69, 9.17) is 16.3 Å². The molecule has 1 N–H and O–H groups in total. The van der Waals surface area contributed by atoms with E-state index in [1.807, 2.05) is 24.3 Å². The Morgan fingerprint density at radius 3 is 2.34 bits per heavy atom. The topological polar surface area (TPSA) is 38.3 Å². The predicted molar refractivity (Wildman–Crippen MR) is 114 cm³/mol. The summed E-state index contributed by atoms with van der Waals surface area (Å²) in [6.45, 7) is 0.536. The highest BCUT2D eigenvalue weighted by molar-refractivity contribution is 6.30. The lowest BCUT2D eigenvalue weighted by atomic mass is 9.98. The average molecular weight is 408 g/mol. The van der Waals surface area contributed by atoms with Gasteiger partial charge in [0, 0.05) is 17.5 Å². The molecule has 3 aromatic carbocycles. The number of nitrogens with one attached hydrogen (secondary N) is 1. The highest BCUT2D eigenvalue weighted by atomic mass is 35.5. The molecule has 0 fully saturated rings. The fraction of sp³-hybridized carbons (Fsp3) is 0.125. The summed E-state index contributed by atoms with van der Waals surface area (Å²) in [5.41, 5.74) is 5.35. The Balaban J connectivity index is 1.34. The molecule has 1 amide bonds. The van der Waals surface area contributed by atoms with Gasteiger partial charge in [0.1, 0.15) is 12.4 Å². The van der Waals surface area contributed by atoms with Crippen LogP contribution in [0.1, 0.15) is 22.6 Å². The quantitative estimate of drug-likeness (QED) is 0.560. The summed E-state index contributed by atoms with van der Waals surface area (Å²) in [5, 5.41) is 3.01. The molecule has 0 aliphatic heterocycles. The molecule has 0 aromatic heterocycles. The molecule has 0 spiro atoms. The van der Waals surface area contributed by atoms with Crippen molar-refractivity contribution in [3.8, 4) is 11.1 Å². The zero-order chi connectivity index (χ0) is 20.2. The van der Waals surface area contributed by atoms with Crippen molar-refractivity contribution >= 4 is 23.8 Å². The second-order valence-corrected chi connectivity index (χ2v) is 7.25. The van der Waals surface area contributed by atoms with E-state index in [-0.39, 0.29) is 19.1 Å². The number of rotatable bonds is 5. The van der Waals surface area contributed by atoms with E-state index in [1.165, 1.54) is 34.4 Å². The Hall–Kier alpha value is -3.11. The maximum atomic E-state index is 13.3. The first-order valence-electron chi connectivity index (χ1n) is 9.33. The summed E-state index contributed by atoms with van der Waals surface area (Å²) in [6.07, 6.45) is 2.92. The average Bonchev–Trinajstić information content (AvgIpc) is 3.03. The molecule has 0 saturated heterocycles. The first-order chi connectivity index (χ1) is 14.1. The highest BCUT2D eigenvalue weighted by Crippen LogP contribution is 2.44. The number of hydrogen-bond acceptors (Lipinski definition) is 2. The molecule has 0 heterocycles. The van der Waals surface area contributed by atoms with Crippen LogP contribution in [0.2, 0.25) is 5.02 Å². The van der Waals surface area contributed by atoms with E-state index in [9.17, 15) is 9.18 Å². The van der Waals surface area contributed by atoms with Gasteiger partial charge in [0.2, 0.25) is 0 Å². The summed E-state index contributed by atoms with van der Waals surface area (Å²) in [7, 11) is 0. The van der Waals surface area contributed by atoms with Crippen molar-refractivity contribution in [2.45, 2.75) is 5.92 Å². The van der Waals surface area contributed by atoms with Gasteiger partial charge in [-0.3, -0.25) is 0 Å². The van der Waals surface area contributed by atoms with Gasteiger partial charge < -0.3 is 10.1 Å². The van der Waals surface area contributed by atoms with Gasteiger partial charge in [-0.2, -0.15) is 0 Å². The molecule has 0 unspecified atom stereocenters. The maximum absolute atomic E-state index is 13.3.